The Balaban J connectivity index is 1.44. The van der Waals surface area contributed by atoms with Gasteiger partial charge in [0.25, 0.3) is 5.91 Å². The zero-order valence-electron chi connectivity index (χ0n) is 17.5. The van der Waals surface area contributed by atoms with Gasteiger partial charge in [0.2, 0.25) is 0 Å². The second kappa shape index (κ2) is 7.92. The van der Waals surface area contributed by atoms with Crippen molar-refractivity contribution in [1.82, 2.24) is 29.9 Å². The van der Waals surface area contributed by atoms with Crippen LogP contribution < -0.4 is 5.32 Å². The van der Waals surface area contributed by atoms with E-state index >= 15 is 0 Å². The maximum absolute atomic E-state index is 13.7. The number of pyridine rings is 2. The van der Waals surface area contributed by atoms with Crippen LogP contribution in [0.15, 0.2) is 36.9 Å². The van der Waals surface area contributed by atoms with Crippen LogP contribution in [0.4, 0.5) is 5.82 Å². The molecule has 1 aliphatic carbocycles. The molecule has 0 aromatic carbocycles. The summed E-state index contributed by atoms with van der Waals surface area (Å²) in [5.41, 5.74) is 2.46. The van der Waals surface area contributed by atoms with Crippen molar-refractivity contribution in [2.45, 2.75) is 45.2 Å². The van der Waals surface area contributed by atoms with Gasteiger partial charge in [0, 0.05) is 25.0 Å². The Morgan fingerprint density at radius 1 is 1.10 bits per heavy atom. The van der Waals surface area contributed by atoms with Crippen molar-refractivity contribution in [1.29, 1.82) is 0 Å². The summed E-state index contributed by atoms with van der Waals surface area (Å²) >= 11 is 6.41. The first kappa shape index (κ1) is 19.9. The first-order chi connectivity index (χ1) is 15.0. The van der Waals surface area contributed by atoms with Crippen LogP contribution in [0.1, 0.15) is 40.7 Å². The van der Waals surface area contributed by atoms with Gasteiger partial charge < -0.3 is 10.2 Å². The van der Waals surface area contributed by atoms with Gasteiger partial charge in [-0.25, -0.2) is 9.97 Å². The fourth-order valence-corrected chi connectivity index (χ4v) is 5.03. The minimum absolute atomic E-state index is 0.0346. The lowest BCUT2D eigenvalue weighted by atomic mass is 9.76. The third-order valence-corrected chi connectivity index (χ3v) is 6.47. The molecule has 3 aromatic heterocycles. The predicted molar refractivity (Wildman–Crippen MR) is 117 cm³/mol. The third kappa shape index (κ3) is 3.76. The van der Waals surface area contributed by atoms with Crippen molar-refractivity contribution in [3.8, 4) is 5.82 Å². The number of nitrogens with one attached hydrogen (secondary N) is 1. The van der Waals surface area contributed by atoms with Gasteiger partial charge in [0.05, 0.1) is 29.0 Å². The molecule has 0 spiro atoms. The van der Waals surface area contributed by atoms with Gasteiger partial charge >= 0.3 is 0 Å². The number of carbonyl (C=O) groups excluding carboxylic acids is 1. The van der Waals surface area contributed by atoms with Gasteiger partial charge in [0.15, 0.2) is 5.82 Å². The zero-order chi connectivity index (χ0) is 21.5. The van der Waals surface area contributed by atoms with Gasteiger partial charge in [-0.3, -0.25) is 4.79 Å². The number of halogens is 1. The first-order valence-electron chi connectivity index (χ1n) is 10.5. The number of carbonyl (C=O) groups is 1. The average Bonchev–Trinajstić information content (AvgIpc) is 3.30. The number of fused-ring (bicyclic) bond motifs is 3. The van der Waals surface area contributed by atoms with Crippen molar-refractivity contribution in [2.24, 2.45) is 5.92 Å². The van der Waals surface area contributed by atoms with Crippen LogP contribution in [0.25, 0.3) is 5.82 Å². The van der Waals surface area contributed by atoms with E-state index in [1.165, 1.54) is 4.80 Å². The zero-order valence-corrected chi connectivity index (χ0v) is 18.3. The topological polar surface area (TPSA) is 88.8 Å². The Morgan fingerprint density at radius 2 is 1.84 bits per heavy atom. The van der Waals surface area contributed by atoms with Crippen LogP contribution in [0.2, 0.25) is 5.02 Å². The predicted octanol–water partition coefficient (Wildman–Crippen LogP) is 3.43. The molecule has 2 bridgehead atoms. The van der Waals surface area contributed by atoms with E-state index in [4.69, 9.17) is 11.6 Å². The molecule has 9 heteroatoms. The lowest BCUT2D eigenvalue weighted by molar-refractivity contribution is 0.0281. The standard InChI is InChI=1S/C22H24ClN7O/c1-13-7-16(21(25-11-13)30-26-5-6-27-30)22(31)29-12-15-3-4-19(29)18(9-15)28-20-17(23)8-14(2)10-24-20/h5-8,10-11,15,18-19H,3-4,9,12H2,1-2H3,(H,24,28). The molecular weight excluding hydrogens is 414 g/mol. The number of piperidine rings is 2. The van der Waals surface area contributed by atoms with Crippen LogP contribution in [-0.4, -0.2) is 54.4 Å². The molecule has 3 unspecified atom stereocenters. The number of anilines is 1. The van der Waals surface area contributed by atoms with E-state index < -0.39 is 0 Å². The summed E-state index contributed by atoms with van der Waals surface area (Å²) in [5.74, 6) is 1.54. The number of aryl methyl sites for hydroxylation is 2. The summed E-state index contributed by atoms with van der Waals surface area (Å²) in [5, 5.41) is 12.5. The molecular formula is C22H24ClN7O. The fraction of sp³-hybridized carbons (Fsp3) is 0.409. The highest BCUT2D eigenvalue weighted by Gasteiger charge is 2.44. The molecule has 1 N–H and O–H groups in total. The molecule has 1 amide bonds. The lowest BCUT2D eigenvalue weighted by Crippen LogP contribution is -2.60. The van der Waals surface area contributed by atoms with Crippen LogP contribution in [0, 0.1) is 19.8 Å². The van der Waals surface area contributed by atoms with Crippen molar-refractivity contribution >= 4 is 23.3 Å². The van der Waals surface area contributed by atoms with Crippen molar-refractivity contribution in [3.05, 3.63) is 58.6 Å². The molecule has 5 heterocycles. The Labute approximate surface area is 185 Å². The Morgan fingerprint density at radius 3 is 2.58 bits per heavy atom. The molecule has 3 aliphatic rings. The molecule has 6 rings (SSSR count). The molecule has 2 aliphatic heterocycles. The summed E-state index contributed by atoms with van der Waals surface area (Å²) < 4.78 is 0. The normalized spacial score (nSPS) is 22.5. The summed E-state index contributed by atoms with van der Waals surface area (Å²) in [6.45, 7) is 4.64. The highest BCUT2D eigenvalue weighted by atomic mass is 35.5. The number of hydrogen-bond acceptors (Lipinski definition) is 6. The van der Waals surface area contributed by atoms with Crippen molar-refractivity contribution < 1.29 is 4.79 Å². The summed E-state index contributed by atoms with van der Waals surface area (Å²) in [7, 11) is 0. The maximum atomic E-state index is 13.7. The van der Waals surface area contributed by atoms with Crippen LogP contribution in [0.5, 0.6) is 0 Å². The van der Waals surface area contributed by atoms with Crippen molar-refractivity contribution in [3.63, 3.8) is 0 Å². The van der Waals surface area contributed by atoms with Gasteiger partial charge in [-0.2, -0.15) is 10.2 Å². The number of nitrogens with zero attached hydrogens (tertiary/aromatic N) is 6. The average molecular weight is 438 g/mol. The molecule has 3 atom stereocenters. The fourth-order valence-electron chi connectivity index (χ4n) is 4.76. The second-order valence-electron chi connectivity index (χ2n) is 8.50. The number of amides is 1. The molecule has 160 valence electrons. The Hall–Kier alpha value is -3.00. The number of aromatic nitrogens is 5. The molecule has 3 aromatic rings. The van der Waals surface area contributed by atoms with Gasteiger partial charge in [-0.15, -0.1) is 4.80 Å². The van der Waals surface area contributed by atoms with Crippen molar-refractivity contribution in [2.75, 3.05) is 11.9 Å². The minimum Gasteiger partial charge on any atom is -0.364 e. The molecule has 8 nitrogen and oxygen atoms in total. The first-order valence-corrected chi connectivity index (χ1v) is 10.9. The molecule has 2 saturated heterocycles. The quantitative estimate of drug-likeness (QED) is 0.672. The van der Waals surface area contributed by atoms with Gasteiger partial charge in [-0.05, 0) is 62.3 Å². The van der Waals surface area contributed by atoms with E-state index in [1.807, 2.05) is 30.9 Å². The second-order valence-corrected chi connectivity index (χ2v) is 8.91. The number of hydrogen-bond donors (Lipinski definition) is 1. The minimum atomic E-state index is -0.0346. The molecule has 3 fully saturated rings. The lowest BCUT2D eigenvalue weighted by Gasteiger charge is -2.50. The van der Waals surface area contributed by atoms with E-state index in [0.717, 1.165) is 36.9 Å². The number of rotatable bonds is 4. The monoisotopic (exact) mass is 437 g/mol. The van der Waals surface area contributed by atoms with E-state index in [-0.39, 0.29) is 18.0 Å². The molecule has 0 radical (unpaired) electrons. The van der Waals surface area contributed by atoms with Crippen LogP contribution in [-0.2, 0) is 0 Å². The summed E-state index contributed by atoms with van der Waals surface area (Å²) in [4.78, 5) is 26.0. The Kier molecular flexibility index (Phi) is 5.09. The smallest absolute Gasteiger partial charge is 0.258 e. The summed E-state index contributed by atoms with van der Waals surface area (Å²) in [6.07, 6.45) is 9.77. The van der Waals surface area contributed by atoms with Crippen LogP contribution >= 0.6 is 11.6 Å². The highest BCUT2D eigenvalue weighted by molar-refractivity contribution is 6.32. The Bertz CT molecular complexity index is 1120. The van der Waals surface area contributed by atoms with Gasteiger partial charge in [0.1, 0.15) is 5.82 Å². The van der Waals surface area contributed by atoms with E-state index in [0.29, 0.717) is 28.1 Å². The van der Waals surface area contributed by atoms with Gasteiger partial charge in [-0.1, -0.05) is 11.6 Å². The largest absolute Gasteiger partial charge is 0.364 e. The molecule has 31 heavy (non-hydrogen) atoms. The molecule has 1 saturated carbocycles. The van der Waals surface area contributed by atoms with E-state index in [1.54, 1.807) is 24.8 Å². The summed E-state index contributed by atoms with van der Waals surface area (Å²) in [6, 6.07) is 3.95. The van der Waals surface area contributed by atoms with Crippen LogP contribution in [0.3, 0.4) is 0 Å². The van der Waals surface area contributed by atoms with E-state index in [2.05, 4.69) is 25.5 Å². The maximum Gasteiger partial charge on any atom is 0.258 e. The SMILES string of the molecule is Cc1cnc(NC2CC3CCC2N(C(=O)c2cc(C)cnc2-n2nccn2)C3)c(Cl)c1. The van der Waals surface area contributed by atoms with E-state index in [9.17, 15) is 4.79 Å². The highest BCUT2D eigenvalue weighted by Crippen LogP contribution is 2.38. The third-order valence-electron chi connectivity index (χ3n) is 6.18.